The van der Waals surface area contributed by atoms with E-state index in [1.807, 2.05) is 0 Å². The number of thiazole rings is 1. The monoisotopic (exact) mass is 301 g/mol. The quantitative estimate of drug-likeness (QED) is 0.912. The lowest BCUT2D eigenvalue weighted by atomic mass is 9.79. The van der Waals surface area contributed by atoms with Crippen LogP contribution in [0.5, 0.6) is 0 Å². The number of aryl methyl sites for hydroxylation is 1. The van der Waals surface area contributed by atoms with Crippen LogP contribution in [0.4, 0.5) is 0 Å². The van der Waals surface area contributed by atoms with Gasteiger partial charge in [0.2, 0.25) is 0 Å². The van der Waals surface area contributed by atoms with Gasteiger partial charge in [0, 0.05) is 23.6 Å². The first-order valence-corrected chi connectivity index (χ1v) is 8.48. The summed E-state index contributed by atoms with van der Waals surface area (Å²) in [6.07, 6.45) is 3.20. The number of benzene rings is 1. The van der Waals surface area contributed by atoms with E-state index in [0.29, 0.717) is 6.42 Å². The number of nitrogens with zero attached hydrogens (tertiary/aromatic N) is 1. The minimum Gasteiger partial charge on any atom is -0.389 e. The molecule has 112 valence electrons. The van der Waals surface area contributed by atoms with Gasteiger partial charge in [-0.2, -0.15) is 0 Å². The fraction of sp³-hybridized carbons (Fsp3) is 0.500. The average molecular weight is 301 g/mol. The minimum atomic E-state index is -0.638. The molecule has 1 atom stereocenters. The Balaban J connectivity index is 1.78. The predicted octanol–water partition coefficient (Wildman–Crippen LogP) is 3.90. The van der Waals surface area contributed by atoms with Crippen LogP contribution in [0.25, 0.3) is 0 Å². The highest BCUT2D eigenvalue weighted by atomic mass is 32.1. The van der Waals surface area contributed by atoms with Crippen LogP contribution < -0.4 is 0 Å². The molecule has 1 aromatic heterocycles. The van der Waals surface area contributed by atoms with E-state index < -0.39 is 5.60 Å². The molecule has 3 rings (SSSR count). The van der Waals surface area contributed by atoms with Gasteiger partial charge in [-0.05, 0) is 24.0 Å². The van der Waals surface area contributed by atoms with E-state index in [-0.39, 0.29) is 5.41 Å². The summed E-state index contributed by atoms with van der Waals surface area (Å²) in [4.78, 5) is 4.74. The highest BCUT2D eigenvalue weighted by Gasteiger charge is 2.33. The zero-order chi connectivity index (χ0) is 15.1. The summed E-state index contributed by atoms with van der Waals surface area (Å²) in [7, 11) is 0. The fourth-order valence-electron chi connectivity index (χ4n) is 2.95. The SMILES string of the molecule is CC(C)(C)c1csc(CC2(O)CCc3ccccc3C2)n1. The first-order chi connectivity index (χ1) is 9.86. The van der Waals surface area contributed by atoms with Crippen LogP contribution in [0.2, 0.25) is 0 Å². The van der Waals surface area contributed by atoms with Crippen molar-refractivity contribution in [1.29, 1.82) is 0 Å². The maximum atomic E-state index is 11.0. The normalized spacial score (nSPS) is 22.1. The zero-order valence-corrected chi connectivity index (χ0v) is 13.8. The molecule has 0 saturated heterocycles. The van der Waals surface area contributed by atoms with E-state index in [1.54, 1.807) is 11.3 Å². The Hall–Kier alpha value is -1.19. The molecule has 0 amide bonds. The van der Waals surface area contributed by atoms with Crippen molar-refractivity contribution in [3.8, 4) is 0 Å². The van der Waals surface area contributed by atoms with E-state index in [0.717, 1.165) is 30.0 Å². The number of rotatable bonds is 2. The Kier molecular flexibility index (Phi) is 3.66. The molecule has 0 fully saturated rings. The molecule has 0 aliphatic heterocycles. The van der Waals surface area contributed by atoms with Crippen molar-refractivity contribution < 1.29 is 5.11 Å². The van der Waals surface area contributed by atoms with E-state index >= 15 is 0 Å². The standard InChI is InChI=1S/C18H23NOS/c1-17(2,3)15-12-21-16(19-15)11-18(20)9-8-13-6-4-5-7-14(13)10-18/h4-7,12,20H,8-11H2,1-3H3. The largest absolute Gasteiger partial charge is 0.389 e. The Labute approximate surface area is 130 Å². The molecule has 0 radical (unpaired) electrons. The summed E-state index contributed by atoms with van der Waals surface area (Å²) in [5, 5.41) is 14.1. The van der Waals surface area contributed by atoms with Crippen LogP contribution in [0.3, 0.4) is 0 Å². The van der Waals surface area contributed by atoms with Crippen LogP contribution >= 0.6 is 11.3 Å². The molecule has 1 aliphatic carbocycles. The number of hydrogen-bond donors (Lipinski definition) is 1. The summed E-state index contributed by atoms with van der Waals surface area (Å²) in [5.41, 5.74) is 3.25. The lowest BCUT2D eigenvalue weighted by molar-refractivity contribution is 0.0266. The molecule has 3 heteroatoms. The van der Waals surface area contributed by atoms with Crippen molar-refractivity contribution in [1.82, 2.24) is 4.98 Å². The molecule has 1 N–H and O–H groups in total. The average Bonchev–Trinajstić information content (AvgIpc) is 2.86. The van der Waals surface area contributed by atoms with Crippen LogP contribution in [-0.4, -0.2) is 15.7 Å². The second kappa shape index (κ2) is 5.22. The van der Waals surface area contributed by atoms with Crippen molar-refractivity contribution in [2.45, 2.75) is 57.5 Å². The number of aliphatic hydroxyl groups is 1. The molecular weight excluding hydrogens is 278 g/mol. The highest BCUT2D eigenvalue weighted by molar-refractivity contribution is 7.09. The van der Waals surface area contributed by atoms with Gasteiger partial charge < -0.3 is 5.11 Å². The van der Waals surface area contributed by atoms with Gasteiger partial charge in [-0.3, -0.25) is 0 Å². The van der Waals surface area contributed by atoms with Crippen LogP contribution in [0, 0.1) is 0 Å². The van der Waals surface area contributed by atoms with Crippen LogP contribution in [0.15, 0.2) is 29.6 Å². The Bertz CT molecular complexity index is 641. The molecule has 1 aliphatic rings. The van der Waals surface area contributed by atoms with Gasteiger partial charge in [-0.1, -0.05) is 45.0 Å². The molecule has 1 aromatic carbocycles. The maximum absolute atomic E-state index is 11.0. The van der Waals surface area contributed by atoms with Crippen molar-refractivity contribution in [2.75, 3.05) is 0 Å². The van der Waals surface area contributed by atoms with E-state index in [9.17, 15) is 5.11 Å². The summed E-state index contributed by atoms with van der Waals surface area (Å²) < 4.78 is 0. The van der Waals surface area contributed by atoms with Crippen LogP contribution in [-0.2, 0) is 24.7 Å². The van der Waals surface area contributed by atoms with Gasteiger partial charge >= 0.3 is 0 Å². The molecule has 1 unspecified atom stereocenters. The van der Waals surface area contributed by atoms with Gasteiger partial charge in [-0.25, -0.2) is 4.98 Å². The highest BCUT2D eigenvalue weighted by Crippen LogP contribution is 2.33. The fourth-order valence-corrected chi connectivity index (χ4v) is 4.11. The van der Waals surface area contributed by atoms with E-state index in [2.05, 4.69) is 50.4 Å². The van der Waals surface area contributed by atoms with Gasteiger partial charge in [0.25, 0.3) is 0 Å². The molecule has 2 nitrogen and oxygen atoms in total. The van der Waals surface area contributed by atoms with Crippen molar-refractivity contribution in [3.63, 3.8) is 0 Å². The first kappa shape index (κ1) is 14.7. The minimum absolute atomic E-state index is 0.0799. The molecule has 1 heterocycles. The van der Waals surface area contributed by atoms with Crippen molar-refractivity contribution in [3.05, 3.63) is 51.5 Å². The number of hydrogen-bond acceptors (Lipinski definition) is 3. The second-order valence-corrected chi connectivity index (χ2v) is 8.17. The Morgan fingerprint density at radius 2 is 1.95 bits per heavy atom. The van der Waals surface area contributed by atoms with Crippen LogP contribution in [0.1, 0.15) is 49.0 Å². The van der Waals surface area contributed by atoms with Gasteiger partial charge in [-0.15, -0.1) is 11.3 Å². The topological polar surface area (TPSA) is 33.1 Å². The van der Waals surface area contributed by atoms with Gasteiger partial charge in [0.1, 0.15) is 0 Å². The van der Waals surface area contributed by atoms with Gasteiger partial charge in [0.15, 0.2) is 0 Å². The van der Waals surface area contributed by atoms with Crippen molar-refractivity contribution >= 4 is 11.3 Å². The lowest BCUT2D eigenvalue weighted by Crippen LogP contribution is -2.38. The summed E-state index contributed by atoms with van der Waals surface area (Å²) in [5.74, 6) is 0. The first-order valence-electron chi connectivity index (χ1n) is 7.60. The third-order valence-electron chi connectivity index (χ3n) is 4.30. The second-order valence-electron chi connectivity index (χ2n) is 7.22. The lowest BCUT2D eigenvalue weighted by Gasteiger charge is -2.33. The number of aromatic nitrogens is 1. The number of fused-ring (bicyclic) bond motifs is 1. The summed E-state index contributed by atoms with van der Waals surface area (Å²) in [6, 6.07) is 8.46. The molecular formula is C18H23NOS. The Morgan fingerprint density at radius 1 is 1.24 bits per heavy atom. The van der Waals surface area contributed by atoms with Crippen molar-refractivity contribution in [2.24, 2.45) is 0 Å². The smallest absolute Gasteiger partial charge is 0.0957 e. The summed E-state index contributed by atoms with van der Waals surface area (Å²) in [6.45, 7) is 6.53. The molecule has 0 spiro atoms. The molecule has 21 heavy (non-hydrogen) atoms. The zero-order valence-electron chi connectivity index (χ0n) is 13.0. The summed E-state index contributed by atoms with van der Waals surface area (Å²) >= 11 is 1.68. The maximum Gasteiger partial charge on any atom is 0.0957 e. The van der Waals surface area contributed by atoms with Gasteiger partial charge in [0.05, 0.1) is 16.3 Å². The predicted molar refractivity (Wildman–Crippen MR) is 87.9 cm³/mol. The third-order valence-corrected chi connectivity index (χ3v) is 5.15. The molecule has 0 saturated carbocycles. The van der Waals surface area contributed by atoms with E-state index in [1.165, 1.54) is 11.1 Å². The van der Waals surface area contributed by atoms with E-state index in [4.69, 9.17) is 4.98 Å². The third kappa shape index (κ3) is 3.19. The molecule has 2 aromatic rings. The Morgan fingerprint density at radius 3 is 2.62 bits per heavy atom. The molecule has 0 bridgehead atoms.